The highest BCUT2D eigenvalue weighted by molar-refractivity contribution is 5.83. The molecule has 1 aromatic carbocycles. The molecule has 0 radical (unpaired) electrons. The van der Waals surface area contributed by atoms with E-state index in [9.17, 15) is 4.79 Å². The van der Waals surface area contributed by atoms with Crippen LogP contribution in [0.4, 0.5) is 0 Å². The van der Waals surface area contributed by atoms with Crippen molar-refractivity contribution in [3.63, 3.8) is 0 Å². The van der Waals surface area contributed by atoms with Gasteiger partial charge in [0.2, 0.25) is 0 Å². The number of carbonyl (C=O) groups is 1. The Hall–Kier alpha value is -2.42. The second-order valence-corrected chi connectivity index (χ2v) is 4.66. The van der Waals surface area contributed by atoms with Gasteiger partial charge in [-0.3, -0.25) is 4.79 Å². The highest BCUT2D eigenvalue weighted by Crippen LogP contribution is 2.16. The molecule has 3 heteroatoms. The van der Waals surface area contributed by atoms with E-state index in [0.717, 1.165) is 29.6 Å². The molecule has 0 saturated heterocycles. The molecule has 2 heterocycles. The Morgan fingerprint density at radius 3 is 2.68 bits per heavy atom. The molecule has 0 saturated carbocycles. The lowest BCUT2D eigenvalue weighted by atomic mass is 10.1. The SMILES string of the molecule is Cc1ccc2c(C=O)nc(Cc3ccccc3)n2c1. The van der Waals surface area contributed by atoms with Gasteiger partial charge in [-0.15, -0.1) is 0 Å². The lowest BCUT2D eigenvalue weighted by molar-refractivity contribution is 0.112. The summed E-state index contributed by atoms with van der Waals surface area (Å²) in [6, 6.07) is 14.1. The molecule has 0 aliphatic rings. The molecule has 3 aromatic rings. The molecule has 3 nitrogen and oxygen atoms in total. The standard InChI is InChI=1S/C16H14N2O/c1-12-7-8-15-14(11-19)17-16(18(15)10-12)9-13-5-3-2-4-6-13/h2-8,10-11H,9H2,1H3. The molecule has 0 unspecified atom stereocenters. The summed E-state index contributed by atoms with van der Waals surface area (Å²) in [5, 5.41) is 0. The summed E-state index contributed by atoms with van der Waals surface area (Å²) in [6.07, 6.45) is 3.56. The zero-order valence-electron chi connectivity index (χ0n) is 10.7. The summed E-state index contributed by atoms with van der Waals surface area (Å²) >= 11 is 0. The van der Waals surface area contributed by atoms with E-state index in [4.69, 9.17) is 0 Å². The lowest BCUT2D eigenvalue weighted by Crippen LogP contribution is -1.96. The maximum atomic E-state index is 11.1. The van der Waals surface area contributed by atoms with Crippen molar-refractivity contribution < 1.29 is 4.79 Å². The van der Waals surface area contributed by atoms with Gasteiger partial charge in [0, 0.05) is 12.6 Å². The zero-order chi connectivity index (χ0) is 13.2. The van der Waals surface area contributed by atoms with Crippen molar-refractivity contribution in [3.05, 3.63) is 71.3 Å². The van der Waals surface area contributed by atoms with Crippen LogP contribution in [0.5, 0.6) is 0 Å². The Kier molecular flexibility index (Phi) is 2.88. The molecule has 94 valence electrons. The number of aldehydes is 1. The first-order valence-corrected chi connectivity index (χ1v) is 6.24. The minimum absolute atomic E-state index is 0.505. The van der Waals surface area contributed by atoms with Crippen LogP contribution in [-0.2, 0) is 6.42 Å². The number of hydrogen-bond acceptors (Lipinski definition) is 2. The zero-order valence-corrected chi connectivity index (χ0v) is 10.7. The Bertz CT molecular complexity index is 729. The van der Waals surface area contributed by atoms with Gasteiger partial charge in [0.1, 0.15) is 11.5 Å². The minimum Gasteiger partial charge on any atom is -0.302 e. The van der Waals surface area contributed by atoms with Gasteiger partial charge >= 0.3 is 0 Å². The Morgan fingerprint density at radius 1 is 1.16 bits per heavy atom. The summed E-state index contributed by atoms with van der Waals surface area (Å²) < 4.78 is 2.01. The van der Waals surface area contributed by atoms with Crippen molar-refractivity contribution in [1.29, 1.82) is 0 Å². The third-order valence-electron chi connectivity index (χ3n) is 3.20. The summed E-state index contributed by atoms with van der Waals surface area (Å²) in [5.74, 6) is 0.895. The summed E-state index contributed by atoms with van der Waals surface area (Å²) in [7, 11) is 0. The largest absolute Gasteiger partial charge is 0.302 e. The first-order valence-electron chi connectivity index (χ1n) is 6.24. The number of aryl methyl sites for hydroxylation is 1. The highest BCUT2D eigenvalue weighted by atomic mass is 16.1. The minimum atomic E-state index is 0.505. The van der Waals surface area contributed by atoms with Crippen LogP contribution < -0.4 is 0 Å². The molecule has 0 aliphatic heterocycles. The number of fused-ring (bicyclic) bond motifs is 1. The monoisotopic (exact) mass is 250 g/mol. The van der Waals surface area contributed by atoms with E-state index in [0.29, 0.717) is 5.69 Å². The molecule has 0 bridgehead atoms. The van der Waals surface area contributed by atoms with Crippen molar-refractivity contribution in [3.8, 4) is 0 Å². The predicted octanol–water partition coefficient (Wildman–Crippen LogP) is 3.05. The number of carbonyl (C=O) groups excluding carboxylic acids is 1. The van der Waals surface area contributed by atoms with E-state index in [1.165, 1.54) is 5.56 Å². The van der Waals surface area contributed by atoms with Crippen molar-refractivity contribution in [2.75, 3.05) is 0 Å². The third kappa shape index (κ3) is 2.15. The van der Waals surface area contributed by atoms with Gasteiger partial charge in [-0.05, 0) is 24.1 Å². The number of benzene rings is 1. The van der Waals surface area contributed by atoms with Crippen molar-refractivity contribution >= 4 is 11.8 Å². The second-order valence-electron chi connectivity index (χ2n) is 4.66. The van der Waals surface area contributed by atoms with Crippen LogP contribution in [0, 0.1) is 6.92 Å². The van der Waals surface area contributed by atoms with Crippen molar-refractivity contribution in [2.45, 2.75) is 13.3 Å². The molecular weight excluding hydrogens is 236 g/mol. The number of nitrogens with zero attached hydrogens (tertiary/aromatic N) is 2. The van der Waals surface area contributed by atoms with Crippen LogP contribution in [0.15, 0.2) is 48.7 Å². The molecule has 0 amide bonds. The summed E-state index contributed by atoms with van der Waals surface area (Å²) in [5.41, 5.74) is 3.71. The van der Waals surface area contributed by atoms with E-state index >= 15 is 0 Å². The summed E-state index contributed by atoms with van der Waals surface area (Å²) in [4.78, 5) is 15.5. The van der Waals surface area contributed by atoms with Crippen molar-refractivity contribution in [2.24, 2.45) is 0 Å². The smallest absolute Gasteiger partial charge is 0.170 e. The van der Waals surface area contributed by atoms with Gasteiger partial charge < -0.3 is 4.40 Å². The Balaban J connectivity index is 2.13. The van der Waals surface area contributed by atoms with E-state index in [1.54, 1.807) is 0 Å². The Morgan fingerprint density at radius 2 is 1.95 bits per heavy atom. The second kappa shape index (κ2) is 4.69. The van der Waals surface area contributed by atoms with Crippen LogP contribution in [0.3, 0.4) is 0 Å². The highest BCUT2D eigenvalue weighted by Gasteiger charge is 2.10. The fourth-order valence-electron chi connectivity index (χ4n) is 2.27. The molecule has 0 atom stereocenters. The normalized spacial score (nSPS) is 10.8. The van der Waals surface area contributed by atoms with E-state index in [1.807, 2.05) is 47.9 Å². The fourth-order valence-corrected chi connectivity index (χ4v) is 2.27. The molecule has 0 fully saturated rings. The molecule has 0 aliphatic carbocycles. The van der Waals surface area contributed by atoms with Crippen LogP contribution >= 0.6 is 0 Å². The van der Waals surface area contributed by atoms with E-state index in [-0.39, 0.29) is 0 Å². The van der Waals surface area contributed by atoms with E-state index in [2.05, 4.69) is 17.1 Å². The van der Waals surface area contributed by atoms with Crippen molar-refractivity contribution in [1.82, 2.24) is 9.38 Å². The number of imidazole rings is 1. The topological polar surface area (TPSA) is 34.4 Å². The van der Waals surface area contributed by atoms with E-state index < -0.39 is 0 Å². The predicted molar refractivity (Wildman–Crippen MR) is 74.6 cm³/mol. The van der Waals surface area contributed by atoms with Gasteiger partial charge in [0.25, 0.3) is 0 Å². The van der Waals surface area contributed by atoms with Gasteiger partial charge in [-0.2, -0.15) is 0 Å². The van der Waals surface area contributed by atoms with Crippen LogP contribution in [0.2, 0.25) is 0 Å². The molecule has 2 aromatic heterocycles. The number of hydrogen-bond donors (Lipinski definition) is 0. The van der Waals surface area contributed by atoms with Crippen LogP contribution in [0.1, 0.15) is 27.4 Å². The molecule has 0 spiro atoms. The van der Waals surface area contributed by atoms with Gasteiger partial charge in [0.05, 0.1) is 5.52 Å². The number of pyridine rings is 1. The number of aromatic nitrogens is 2. The third-order valence-corrected chi connectivity index (χ3v) is 3.20. The lowest BCUT2D eigenvalue weighted by Gasteiger charge is -2.02. The maximum Gasteiger partial charge on any atom is 0.170 e. The Labute approximate surface area is 111 Å². The molecule has 0 N–H and O–H groups in total. The first kappa shape index (κ1) is 11.7. The molecule has 3 rings (SSSR count). The molecule has 19 heavy (non-hydrogen) atoms. The summed E-state index contributed by atoms with van der Waals surface area (Å²) in [6.45, 7) is 2.03. The quantitative estimate of drug-likeness (QED) is 0.669. The average Bonchev–Trinajstić information content (AvgIpc) is 2.77. The molecular formula is C16H14N2O. The van der Waals surface area contributed by atoms with Crippen LogP contribution in [-0.4, -0.2) is 15.7 Å². The number of rotatable bonds is 3. The first-order chi connectivity index (χ1) is 9.28. The van der Waals surface area contributed by atoms with Crippen LogP contribution in [0.25, 0.3) is 5.52 Å². The van der Waals surface area contributed by atoms with Gasteiger partial charge in [0.15, 0.2) is 6.29 Å². The average molecular weight is 250 g/mol. The maximum absolute atomic E-state index is 11.1. The van der Waals surface area contributed by atoms with Gasteiger partial charge in [-0.25, -0.2) is 4.98 Å². The van der Waals surface area contributed by atoms with Gasteiger partial charge in [-0.1, -0.05) is 36.4 Å². The fraction of sp³-hybridized carbons (Fsp3) is 0.125.